The number of carbonyl (C=O) groups is 3. The van der Waals surface area contributed by atoms with Gasteiger partial charge in [-0.25, -0.2) is 9.59 Å². The summed E-state index contributed by atoms with van der Waals surface area (Å²) in [6, 6.07) is 11.7. The molecular formula is C27H33N3O6. The minimum Gasteiger partial charge on any atom is -0.478 e. The van der Waals surface area contributed by atoms with E-state index < -0.39 is 29.8 Å². The van der Waals surface area contributed by atoms with Gasteiger partial charge >= 0.3 is 12.1 Å². The Kier molecular flexibility index (Phi) is 6.95. The van der Waals surface area contributed by atoms with Gasteiger partial charge in [0.1, 0.15) is 5.60 Å². The highest BCUT2D eigenvalue weighted by Crippen LogP contribution is 2.29. The van der Waals surface area contributed by atoms with Crippen LogP contribution in [0.3, 0.4) is 0 Å². The Morgan fingerprint density at radius 2 is 1.81 bits per heavy atom. The van der Waals surface area contributed by atoms with Gasteiger partial charge in [0.05, 0.1) is 29.0 Å². The van der Waals surface area contributed by atoms with E-state index in [0.717, 1.165) is 11.1 Å². The highest BCUT2D eigenvalue weighted by Gasteiger charge is 2.38. The molecule has 0 aliphatic carbocycles. The van der Waals surface area contributed by atoms with Crippen LogP contribution in [-0.4, -0.2) is 82.4 Å². The lowest BCUT2D eigenvalue weighted by atomic mass is 9.91. The SMILES string of the molecule is CN1CCN(C[C@@H](O)[C@@H]2Cc3ccccc3CN2C(=O)OC(C)(C)C)C(=O)c2ccc(C(=O)O)cc21. The summed E-state index contributed by atoms with van der Waals surface area (Å²) < 4.78 is 5.64. The standard InChI is InChI=1S/C27H33N3O6/c1-27(2,3)36-26(35)30-15-19-8-6-5-7-17(19)13-22(30)23(31)16-29-12-11-28(4)21-14-18(25(33)34)9-10-20(21)24(29)32/h5-10,14,22-23,31H,11-13,15-16H2,1-4H3,(H,33,34)/t22-,23+/m0/s1. The molecule has 2 atom stereocenters. The monoisotopic (exact) mass is 495 g/mol. The van der Waals surface area contributed by atoms with E-state index in [2.05, 4.69) is 0 Å². The van der Waals surface area contributed by atoms with E-state index in [4.69, 9.17) is 4.74 Å². The van der Waals surface area contributed by atoms with Gasteiger partial charge < -0.3 is 24.7 Å². The first-order valence-electron chi connectivity index (χ1n) is 12.1. The zero-order valence-corrected chi connectivity index (χ0v) is 21.1. The third-order valence-electron chi connectivity index (χ3n) is 6.65. The molecule has 2 heterocycles. The lowest BCUT2D eigenvalue weighted by Crippen LogP contribution is -2.55. The molecule has 0 fully saturated rings. The molecule has 0 unspecified atom stereocenters. The Morgan fingerprint density at radius 3 is 2.47 bits per heavy atom. The molecule has 9 heteroatoms. The molecule has 2 amide bonds. The van der Waals surface area contributed by atoms with E-state index in [1.165, 1.54) is 18.2 Å². The van der Waals surface area contributed by atoms with Crippen LogP contribution >= 0.6 is 0 Å². The van der Waals surface area contributed by atoms with Crippen LogP contribution in [-0.2, 0) is 17.7 Å². The first kappa shape index (κ1) is 25.5. The number of rotatable bonds is 4. The Morgan fingerprint density at radius 1 is 1.11 bits per heavy atom. The first-order valence-corrected chi connectivity index (χ1v) is 12.1. The lowest BCUT2D eigenvalue weighted by molar-refractivity contribution is -0.0176. The molecule has 0 spiro atoms. The van der Waals surface area contributed by atoms with Crippen LogP contribution in [0.2, 0.25) is 0 Å². The number of β-amino-alcohol motifs (C(OH)–C–C–N with tert-alkyl or cyclic N) is 1. The fraction of sp³-hybridized carbons (Fsp3) is 0.444. The number of hydrogen-bond donors (Lipinski definition) is 2. The first-order chi connectivity index (χ1) is 16.9. The second-order valence-corrected chi connectivity index (χ2v) is 10.4. The molecule has 2 aliphatic heterocycles. The Labute approximate surface area is 210 Å². The summed E-state index contributed by atoms with van der Waals surface area (Å²) in [5, 5.41) is 20.7. The molecule has 0 saturated carbocycles. The predicted octanol–water partition coefficient (Wildman–Crippen LogP) is 3.00. The molecule has 0 bridgehead atoms. The van der Waals surface area contributed by atoms with Crippen molar-refractivity contribution in [3.8, 4) is 0 Å². The summed E-state index contributed by atoms with van der Waals surface area (Å²) in [5.74, 6) is -1.35. The summed E-state index contributed by atoms with van der Waals surface area (Å²) >= 11 is 0. The molecule has 2 aromatic carbocycles. The van der Waals surface area contributed by atoms with E-state index in [0.29, 0.717) is 37.3 Å². The van der Waals surface area contributed by atoms with Crippen LogP contribution in [0.15, 0.2) is 42.5 Å². The average molecular weight is 496 g/mol. The zero-order valence-electron chi connectivity index (χ0n) is 21.1. The molecule has 9 nitrogen and oxygen atoms in total. The van der Waals surface area contributed by atoms with Crippen molar-refractivity contribution in [3.05, 3.63) is 64.7 Å². The van der Waals surface area contributed by atoms with Crippen molar-refractivity contribution >= 4 is 23.7 Å². The summed E-state index contributed by atoms with van der Waals surface area (Å²) in [6.07, 6.45) is -1.08. The highest BCUT2D eigenvalue weighted by atomic mass is 16.6. The second kappa shape index (κ2) is 9.81. The summed E-state index contributed by atoms with van der Waals surface area (Å²) in [4.78, 5) is 42.9. The number of likely N-dealkylation sites (N-methyl/N-ethyl adjacent to an activating group) is 1. The van der Waals surface area contributed by atoms with Gasteiger partial charge in [0, 0.05) is 33.2 Å². The normalized spacial score (nSPS) is 18.8. The van der Waals surface area contributed by atoms with Crippen molar-refractivity contribution in [2.45, 2.75) is 51.5 Å². The Balaban J connectivity index is 1.59. The maximum Gasteiger partial charge on any atom is 0.410 e. The van der Waals surface area contributed by atoms with Crippen molar-refractivity contribution in [2.24, 2.45) is 0 Å². The maximum atomic E-state index is 13.4. The number of carbonyl (C=O) groups excluding carboxylic acids is 2. The number of carboxylic acid groups (broad SMARTS) is 1. The van der Waals surface area contributed by atoms with Crippen LogP contribution in [0.5, 0.6) is 0 Å². The van der Waals surface area contributed by atoms with Gasteiger partial charge in [-0.2, -0.15) is 0 Å². The molecule has 0 saturated heterocycles. The maximum absolute atomic E-state index is 13.4. The smallest absolute Gasteiger partial charge is 0.410 e. The zero-order chi connectivity index (χ0) is 26.2. The van der Waals surface area contributed by atoms with Crippen LogP contribution in [0.25, 0.3) is 0 Å². The van der Waals surface area contributed by atoms with Gasteiger partial charge in [0.15, 0.2) is 0 Å². The Bertz CT molecular complexity index is 1170. The van der Waals surface area contributed by atoms with Crippen molar-refractivity contribution < 1.29 is 29.3 Å². The van der Waals surface area contributed by atoms with Gasteiger partial charge in [-0.05, 0) is 56.5 Å². The third-order valence-corrected chi connectivity index (χ3v) is 6.65. The number of aliphatic hydroxyl groups is 1. The van der Waals surface area contributed by atoms with E-state index in [1.807, 2.05) is 29.2 Å². The largest absolute Gasteiger partial charge is 0.478 e. The van der Waals surface area contributed by atoms with E-state index in [-0.39, 0.29) is 18.0 Å². The fourth-order valence-electron chi connectivity index (χ4n) is 4.76. The van der Waals surface area contributed by atoms with E-state index in [1.54, 1.807) is 37.6 Å². The molecule has 2 N–H and O–H groups in total. The van der Waals surface area contributed by atoms with Crippen molar-refractivity contribution in [2.75, 3.05) is 31.6 Å². The van der Waals surface area contributed by atoms with Crippen molar-refractivity contribution in [3.63, 3.8) is 0 Å². The number of hydrogen-bond acceptors (Lipinski definition) is 6. The van der Waals surface area contributed by atoms with Crippen LogP contribution in [0.4, 0.5) is 10.5 Å². The van der Waals surface area contributed by atoms with Crippen molar-refractivity contribution in [1.29, 1.82) is 0 Å². The van der Waals surface area contributed by atoms with Gasteiger partial charge in [-0.3, -0.25) is 9.69 Å². The number of amides is 2. The molecule has 0 aromatic heterocycles. The molecule has 2 aromatic rings. The minimum absolute atomic E-state index is 0.0267. The summed E-state index contributed by atoms with van der Waals surface area (Å²) in [7, 11) is 1.81. The summed E-state index contributed by atoms with van der Waals surface area (Å²) in [6.45, 7) is 6.55. The van der Waals surface area contributed by atoms with Gasteiger partial charge in [-0.1, -0.05) is 24.3 Å². The average Bonchev–Trinajstić information content (AvgIpc) is 2.93. The fourth-order valence-corrected chi connectivity index (χ4v) is 4.76. The topological polar surface area (TPSA) is 111 Å². The molecule has 2 aliphatic rings. The number of nitrogens with zero attached hydrogens (tertiary/aromatic N) is 3. The van der Waals surface area contributed by atoms with Crippen LogP contribution in [0, 0.1) is 0 Å². The van der Waals surface area contributed by atoms with E-state index >= 15 is 0 Å². The quantitative estimate of drug-likeness (QED) is 0.671. The predicted molar refractivity (Wildman–Crippen MR) is 134 cm³/mol. The van der Waals surface area contributed by atoms with Gasteiger partial charge in [-0.15, -0.1) is 0 Å². The Hall–Kier alpha value is -3.59. The van der Waals surface area contributed by atoms with Crippen LogP contribution < -0.4 is 4.90 Å². The lowest BCUT2D eigenvalue weighted by Gasteiger charge is -2.41. The number of fused-ring (bicyclic) bond motifs is 2. The number of benzene rings is 2. The second-order valence-electron chi connectivity index (χ2n) is 10.4. The molecular weight excluding hydrogens is 462 g/mol. The van der Waals surface area contributed by atoms with Gasteiger partial charge in [0.25, 0.3) is 5.91 Å². The van der Waals surface area contributed by atoms with Crippen molar-refractivity contribution in [1.82, 2.24) is 9.80 Å². The molecule has 36 heavy (non-hydrogen) atoms. The minimum atomic E-state index is -1.06. The molecule has 4 rings (SSSR count). The molecule has 0 radical (unpaired) electrons. The number of aliphatic hydroxyl groups excluding tert-OH is 1. The number of carboxylic acids is 1. The molecule has 192 valence electrons. The van der Waals surface area contributed by atoms with Crippen LogP contribution in [0.1, 0.15) is 52.6 Å². The summed E-state index contributed by atoms with van der Waals surface area (Å²) in [5.41, 5.74) is 2.39. The van der Waals surface area contributed by atoms with Gasteiger partial charge in [0.2, 0.25) is 0 Å². The highest BCUT2D eigenvalue weighted by molar-refractivity contribution is 6.02. The number of aromatic carboxylic acids is 1. The number of anilines is 1. The third kappa shape index (κ3) is 5.31. The van der Waals surface area contributed by atoms with E-state index in [9.17, 15) is 24.6 Å². The number of ether oxygens (including phenoxy) is 1.